The second-order valence-corrected chi connectivity index (χ2v) is 6.63. The van der Waals surface area contributed by atoms with Crippen LogP contribution in [0.2, 0.25) is 0 Å². The van der Waals surface area contributed by atoms with Crippen LogP contribution in [0.25, 0.3) is 0 Å². The zero-order chi connectivity index (χ0) is 17.7. The van der Waals surface area contributed by atoms with Crippen molar-refractivity contribution >= 4 is 11.6 Å². The second kappa shape index (κ2) is 7.87. The molecule has 1 N–H and O–H groups in total. The summed E-state index contributed by atoms with van der Waals surface area (Å²) in [7, 11) is 1.65. The van der Waals surface area contributed by atoms with E-state index in [-0.39, 0.29) is 12.0 Å². The first-order valence-corrected chi connectivity index (χ1v) is 8.90. The monoisotopic (exact) mass is 346 g/mol. The number of nitrogens with zero attached hydrogens (tertiary/aromatic N) is 1. The Morgan fingerprint density at radius 1 is 1.36 bits per heavy atom. The zero-order valence-electron chi connectivity index (χ0n) is 14.9. The van der Waals surface area contributed by atoms with E-state index in [1.54, 1.807) is 7.11 Å². The first-order valence-electron chi connectivity index (χ1n) is 8.90. The maximum Gasteiger partial charge on any atom is 0.226 e. The average Bonchev–Trinajstić information content (AvgIpc) is 3.10. The number of hydrogen-bond donors (Lipinski definition) is 1. The van der Waals surface area contributed by atoms with Crippen LogP contribution in [0.1, 0.15) is 38.2 Å². The van der Waals surface area contributed by atoms with Gasteiger partial charge >= 0.3 is 0 Å². The number of benzene rings is 1. The molecule has 1 saturated heterocycles. The van der Waals surface area contributed by atoms with Gasteiger partial charge in [-0.25, -0.2) is 0 Å². The highest BCUT2D eigenvalue weighted by Crippen LogP contribution is 2.39. The molecule has 6 heteroatoms. The summed E-state index contributed by atoms with van der Waals surface area (Å²) < 4.78 is 10.9. The minimum absolute atomic E-state index is 0.0966. The number of hydrogen-bond acceptors (Lipinski definition) is 5. The summed E-state index contributed by atoms with van der Waals surface area (Å²) in [5.74, 6) is 0.891. The first kappa shape index (κ1) is 17.7. The molecular weight excluding hydrogens is 320 g/mol. The van der Waals surface area contributed by atoms with Crippen molar-refractivity contribution in [3.05, 3.63) is 29.8 Å². The van der Waals surface area contributed by atoms with E-state index in [1.807, 2.05) is 31.2 Å². The lowest BCUT2D eigenvalue weighted by molar-refractivity contribution is -0.140. The van der Waals surface area contributed by atoms with Gasteiger partial charge in [-0.15, -0.1) is 0 Å². The molecule has 2 aliphatic rings. The number of rotatable bonds is 6. The largest absolute Gasteiger partial charge is 0.496 e. The fourth-order valence-electron chi connectivity index (χ4n) is 3.65. The van der Waals surface area contributed by atoms with E-state index in [0.29, 0.717) is 32.6 Å². The van der Waals surface area contributed by atoms with Crippen molar-refractivity contribution in [1.29, 1.82) is 0 Å². The molecule has 136 valence electrons. The number of oxime groups is 1. The molecule has 6 nitrogen and oxygen atoms in total. The fourth-order valence-corrected chi connectivity index (χ4v) is 3.65. The fraction of sp³-hybridized carbons (Fsp3) is 0.579. The van der Waals surface area contributed by atoms with Crippen molar-refractivity contribution in [2.45, 2.75) is 38.7 Å². The normalized spacial score (nSPS) is 22.0. The van der Waals surface area contributed by atoms with E-state index in [0.717, 1.165) is 29.9 Å². The highest BCUT2D eigenvalue weighted by atomic mass is 16.6. The highest BCUT2D eigenvalue weighted by molar-refractivity contribution is 6.03. The Labute approximate surface area is 148 Å². The highest BCUT2D eigenvalue weighted by Gasteiger charge is 2.43. The molecule has 1 aromatic carbocycles. The molecule has 2 aliphatic heterocycles. The Kier molecular flexibility index (Phi) is 5.58. The predicted molar refractivity (Wildman–Crippen MR) is 94.8 cm³/mol. The maximum absolute atomic E-state index is 12.7. The minimum Gasteiger partial charge on any atom is -0.496 e. The van der Waals surface area contributed by atoms with Gasteiger partial charge in [0, 0.05) is 38.2 Å². The number of carbonyl (C=O) groups is 1. The molecule has 0 aromatic heterocycles. The number of carbonyl (C=O) groups excluding carboxylic acids is 1. The minimum atomic E-state index is -0.426. The molecule has 0 spiro atoms. The summed E-state index contributed by atoms with van der Waals surface area (Å²) in [6.07, 6.45) is 2.69. The van der Waals surface area contributed by atoms with Crippen LogP contribution >= 0.6 is 0 Å². The van der Waals surface area contributed by atoms with Gasteiger partial charge < -0.3 is 19.6 Å². The Morgan fingerprint density at radius 2 is 2.12 bits per heavy atom. The topological polar surface area (TPSA) is 69.2 Å². The molecule has 2 heterocycles. The van der Waals surface area contributed by atoms with Gasteiger partial charge in [-0.1, -0.05) is 17.3 Å². The smallest absolute Gasteiger partial charge is 0.226 e. The van der Waals surface area contributed by atoms with E-state index in [9.17, 15) is 4.79 Å². The Bertz CT molecular complexity index is 638. The summed E-state index contributed by atoms with van der Waals surface area (Å²) >= 11 is 0. The quantitative estimate of drug-likeness (QED) is 0.859. The Balaban J connectivity index is 1.70. The van der Waals surface area contributed by atoms with Crippen molar-refractivity contribution in [3.63, 3.8) is 0 Å². The Hall–Kier alpha value is -2.08. The van der Waals surface area contributed by atoms with Crippen LogP contribution in [-0.4, -0.2) is 44.6 Å². The van der Waals surface area contributed by atoms with Crippen molar-refractivity contribution in [3.8, 4) is 5.75 Å². The van der Waals surface area contributed by atoms with E-state index in [1.165, 1.54) is 0 Å². The second-order valence-electron chi connectivity index (χ2n) is 6.63. The van der Waals surface area contributed by atoms with Crippen LogP contribution in [0.15, 0.2) is 29.4 Å². The molecule has 1 atom stereocenters. The third kappa shape index (κ3) is 3.79. The standard InChI is InChI=1S/C19H26N2O4/c1-3-20-18(22)19(8-10-24-11-9-19)13-14-12-16(21-25-14)15-6-4-5-7-17(15)23-2/h4-7,14H,3,8-13H2,1-2H3,(H,20,22)/t14-/m1/s1. The molecule has 25 heavy (non-hydrogen) atoms. The molecule has 1 amide bonds. The van der Waals surface area contributed by atoms with Crippen LogP contribution in [0.3, 0.4) is 0 Å². The van der Waals surface area contributed by atoms with E-state index >= 15 is 0 Å². The Morgan fingerprint density at radius 3 is 2.84 bits per heavy atom. The number of amides is 1. The van der Waals surface area contributed by atoms with Crippen molar-refractivity contribution < 1.29 is 19.1 Å². The summed E-state index contributed by atoms with van der Waals surface area (Å²) in [4.78, 5) is 18.4. The van der Waals surface area contributed by atoms with Crippen LogP contribution in [0.5, 0.6) is 5.75 Å². The summed E-state index contributed by atoms with van der Waals surface area (Å²) in [6, 6.07) is 7.79. The van der Waals surface area contributed by atoms with Crippen LogP contribution < -0.4 is 10.1 Å². The van der Waals surface area contributed by atoms with Crippen LogP contribution in [0.4, 0.5) is 0 Å². The van der Waals surface area contributed by atoms with Gasteiger partial charge in [0.1, 0.15) is 11.9 Å². The molecule has 0 aliphatic carbocycles. The summed E-state index contributed by atoms with van der Waals surface area (Å²) in [6.45, 7) is 3.81. The van der Waals surface area contributed by atoms with Gasteiger partial charge in [-0.05, 0) is 31.9 Å². The van der Waals surface area contributed by atoms with Crippen molar-refractivity contribution in [2.75, 3.05) is 26.9 Å². The SMILES string of the molecule is CCNC(=O)C1(C[C@H]2CC(c3ccccc3OC)=NO2)CCOCC1. The molecule has 3 rings (SSSR count). The number of nitrogens with one attached hydrogen (secondary N) is 1. The third-order valence-electron chi connectivity index (χ3n) is 5.04. The van der Waals surface area contributed by atoms with Crippen LogP contribution in [-0.2, 0) is 14.4 Å². The lowest BCUT2D eigenvalue weighted by Crippen LogP contribution is -2.46. The van der Waals surface area contributed by atoms with Crippen molar-refractivity contribution in [1.82, 2.24) is 5.32 Å². The number of methoxy groups -OCH3 is 1. The molecule has 0 bridgehead atoms. The molecule has 0 saturated carbocycles. The first-order chi connectivity index (χ1) is 12.2. The van der Waals surface area contributed by atoms with Gasteiger partial charge in [0.05, 0.1) is 18.2 Å². The van der Waals surface area contributed by atoms with E-state index in [2.05, 4.69) is 10.5 Å². The lowest BCUT2D eigenvalue weighted by Gasteiger charge is -2.36. The van der Waals surface area contributed by atoms with E-state index < -0.39 is 5.41 Å². The van der Waals surface area contributed by atoms with Crippen molar-refractivity contribution in [2.24, 2.45) is 10.6 Å². The molecule has 0 unspecified atom stereocenters. The maximum atomic E-state index is 12.7. The summed E-state index contributed by atoms with van der Waals surface area (Å²) in [5.41, 5.74) is 1.40. The van der Waals surface area contributed by atoms with Gasteiger partial charge in [0.15, 0.2) is 0 Å². The molecular formula is C19H26N2O4. The molecule has 1 aromatic rings. The summed E-state index contributed by atoms with van der Waals surface area (Å²) in [5, 5.41) is 7.26. The average molecular weight is 346 g/mol. The molecule has 0 radical (unpaired) electrons. The lowest BCUT2D eigenvalue weighted by atomic mass is 9.74. The predicted octanol–water partition coefficient (Wildman–Crippen LogP) is 2.51. The van der Waals surface area contributed by atoms with Gasteiger partial charge in [-0.2, -0.15) is 0 Å². The van der Waals surface area contributed by atoms with Gasteiger partial charge in [0.25, 0.3) is 0 Å². The van der Waals surface area contributed by atoms with E-state index in [4.69, 9.17) is 14.3 Å². The number of ether oxygens (including phenoxy) is 2. The van der Waals surface area contributed by atoms with Gasteiger partial charge in [0.2, 0.25) is 5.91 Å². The number of para-hydroxylation sites is 1. The van der Waals surface area contributed by atoms with Crippen LogP contribution in [0, 0.1) is 5.41 Å². The third-order valence-corrected chi connectivity index (χ3v) is 5.04. The van der Waals surface area contributed by atoms with Gasteiger partial charge in [-0.3, -0.25) is 4.79 Å². The molecule has 1 fully saturated rings. The zero-order valence-corrected chi connectivity index (χ0v) is 14.9.